The van der Waals surface area contributed by atoms with Crippen molar-refractivity contribution in [3.8, 4) is 0 Å². The largest absolute Gasteiger partial charge is 1.00 e. The third kappa shape index (κ3) is 3.28. The molecule has 0 unspecified atom stereocenters. The van der Waals surface area contributed by atoms with Gasteiger partial charge in [0.25, 0.3) is 0 Å². The monoisotopic (exact) mass is 271 g/mol. The summed E-state index contributed by atoms with van der Waals surface area (Å²) in [6.07, 6.45) is 0. The SMILES string of the molecule is COCCN1CN(CCOC)c2ccccc21.[Cl-]. The van der Waals surface area contributed by atoms with Crippen LogP contribution in [0, 0.1) is 0 Å². The minimum absolute atomic E-state index is 0. The Bertz CT molecular complexity index is 330. The molecule has 2 rings (SSSR count). The predicted molar refractivity (Wildman–Crippen MR) is 69.8 cm³/mol. The molecule has 0 bridgehead atoms. The molecule has 0 saturated heterocycles. The summed E-state index contributed by atoms with van der Waals surface area (Å²) >= 11 is 0. The Kier molecular flexibility index (Phi) is 6.25. The first-order valence-electron chi connectivity index (χ1n) is 5.93. The molecule has 0 radical (unpaired) electrons. The second kappa shape index (κ2) is 7.46. The van der Waals surface area contributed by atoms with Crippen LogP contribution in [0.25, 0.3) is 0 Å². The summed E-state index contributed by atoms with van der Waals surface area (Å²) in [5.74, 6) is 0. The lowest BCUT2D eigenvalue weighted by Gasteiger charge is -2.21. The van der Waals surface area contributed by atoms with Gasteiger partial charge in [0.15, 0.2) is 0 Å². The van der Waals surface area contributed by atoms with Gasteiger partial charge in [0.05, 0.1) is 31.3 Å². The zero-order chi connectivity index (χ0) is 12.1. The van der Waals surface area contributed by atoms with Crippen LogP contribution in [0.5, 0.6) is 0 Å². The Labute approximate surface area is 115 Å². The summed E-state index contributed by atoms with van der Waals surface area (Å²) in [5.41, 5.74) is 2.58. The summed E-state index contributed by atoms with van der Waals surface area (Å²) < 4.78 is 10.3. The van der Waals surface area contributed by atoms with E-state index in [0.29, 0.717) is 0 Å². The highest BCUT2D eigenvalue weighted by Crippen LogP contribution is 2.34. The Morgan fingerprint density at radius 2 is 1.39 bits per heavy atom. The average Bonchev–Trinajstić information content (AvgIpc) is 2.72. The van der Waals surface area contributed by atoms with Crippen LogP contribution in [0.3, 0.4) is 0 Å². The van der Waals surface area contributed by atoms with E-state index in [1.165, 1.54) is 11.4 Å². The number of hydrogen-bond acceptors (Lipinski definition) is 4. The van der Waals surface area contributed by atoms with Crippen LogP contribution in [-0.2, 0) is 9.47 Å². The molecule has 1 heterocycles. The van der Waals surface area contributed by atoms with Crippen molar-refractivity contribution in [1.82, 2.24) is 0 Å². The minimum Gasteiger partial charge on any atom is -1.00 e. The van der Waals surface area contributed by atoms with Crippen molar-refractivity contribution in [3.63, 3.8) is 0 Å². The van der Waals surface area contributed by atoms with Crippen molar-refractivity contribution >= 4 is 11.4 Å². The van der Waals surface area contributed by atoms with Gasteiger partial charge < -0.3 is 31.7 Å². The van der Waals surface area contributed by atoms with Gasteiger partial charge in [0.1, 0.15) is 0 Å². The average molecular weight is 272 g/mol. The molecule has 102 valence electrons. The molecule has 1 aliphatic heterocycles. The van der Waals surface area contributed by atoms with Gasteiger partial charge in [-0.3, -0.25) is 0 Å². The fourth-order valence-electron chi connectivity index (χ4n) is 2.14. The fourth-order valence-corrected chi connectivity index (χ4v) is 2.14. The summed E-state index contributed by atoms with van der Waals surface area (Å²) in [4.78, 5) is 4.68. The second-order valence-corrected chi connectivity index (χ2v) is 4.14. The van der Waals surface area contributed by atoms with Crippen LogP contribution in [-0.4, -0.2) is 47.2 Å². The van der Waals surface area contributed by atoms with Gasteiger partial charge in [0, 0.05) is 27.3 Å². The first-order chi connectivity index (χ1) is 8.36. The van der Waals surface area contributed by atoms with Crippen LogP contribution >= 0.6 is 0 Å². The van der Waals surface area contributed by atoms with Crippen LogP contribution in [0.1, 0.15) is 0 Å². The normalized spacial score (nSPS) is 13.4. The molecule has 1 aliphatic rings. The number of methoxy groups -OCH3 is 2. The molecule has 0 aliphatic carbocycles. The molecule has 0 aromatic heterocycles. The zero-order valence-electron chi connectivity index (χ0n) is 10.9. The lowest BCUT2D eigenvalue weighted by Crippen LogP contribution is -3.00. The lowest BCUT2D eigenvalue weighted by atomic mass is 10.2. The van der Waals surface area contributed by atoms with E-state index in [1.807, 2.05) is 0 Å². The topological polar surface area (TPSA) is 24.9 Å². The van der Waals surface area contributed by atoms with Crippen molar-refractivity contribution in [3.05, 3.63) is 24.3 Å². The van der Waals surface area contributed by atoms with E-state index in [2.05, 4.69) is 34.1 Å². The maximum Gasteiger partial charge on any atom is 0.0906 e. The molecule has 0 N–H and O–H groups in total. The molecule has 1 aromatic rings. The number of hydrogen-bond donors (Lipinski definition) is 0. The summed E-state index contributed by atoms with van der Waals surface area (Å²) in [7, 11) is 3.48. The highest BCUT2D eigenvalue weighted by atomic mass is 35.5. The van der Waals surface area contributed by atoms with Crippen LogP contribution in [0.2, 0.25) is 0 Å². The van der Waals surface area contributed by atoms with Crippen molar-refractivity contribution in [2.75, 3.05) is 57.0 Å². The van der Waals surface area contributed by atoms with Crippen LogP contribution < -0.4 is 22.2 Å². The number of ether oxygens (including phenoxy) is 2. The summed E-state index contributed by atoms with van der Waals surface area (Å²) in [6.45, 7) is 4.29. The highest BCUT2D eigenvalue weighted by molar-refractivity contribution is 5.76. The molecule has 1 aromatic carbocycles. The van der Waals surface area contributed by atoms with E-state index in [9.17, 15) is 0 Å². The molecule has 0 fully saturated rings. The van der Waals surface area contributed by atoms with E-state index < -0.39 is 0 Å². The molecular formula is C13H20ClN2O2-. The second-order valence-electron chi connectivity index (χ2n) is 4.14. The number of fused-ring (bicyclic) bond motifs is 1. The van der Waals surface area contributed by atoms with Gasteiger partial charge in [-0.25, -0.2) is 0 Å². The first-order valence-corrected chi connectivity index (χ1v) is 5.93. The van der Waals surface area contributed by atoms with Crippen LogP contribution in [0.15, 0.2) is 24.3 Å². The summed E-state index contributed by atoms with van der Waals surface area (Å²) in [5, 5.41) is 0. The third-order valence-electron chi connectivity index (χ3n) is 3.04. The van der Waals surface area contributed by atoms with E-state index in [0.717, 1.165) is 33.0 Å². The van der Waals surface area contributed by atoms with E-state index >= 15 is 0 Å². The number of anilines is 2. The molecule has 0 amide bonds. The standard InChI is InChI=1S/C13H20N2O2.ClH/c1-16-9-7-14-11-15(8-10-17-2)13-6-4-3-5-12(13)14;/h3-6H,7-11H2,1-2H3;1H/p-1. The zero-order valence-corrected chi connectivity index (χ0v) is 11.7. The lowest BCUT2D eigenvalue weighted by molar-refractivity contribution is -0.00000420. The predicted octanol–water partition coefficient (Wildman–Crippen LogP) is -1.43. The van der Waals surface area contributed by atoms with Gasteiger partial charge >= 0.3 is 0 Å². The highest BCUT2D eigenvalue weighted by Gasteiger charge is 2.24. The Morgan fingerprint density at radius 1 is 0.944 bits per heavy atom. The Balaban J connectivity index is 0.00000162. The number of halogens is 1. The molecule has 4 nitrogen and oxygen atoms in total. The van der Waals surface area contributed by atoms with E-state index in [4.69, 9.17) is 9.47 Å². The van der Waals surface area contributed by atoms with E-state index in [-0.39, 0.29) is 12.4 Å². The maximum absolute atomic E-state index is 5.15. The van der Waals surface area contributed by atoms with E-state index in [1.54, 1.807) is 14.2 Å². The molecule has 5 heteroatoms. The number of nitrogens with zero attached hydrogens (tertiary/aromatic N) is 2. The van der Waals surface area contributed by atoms with Gasteiger partial charge in [-0.2, -0.15) is 0 Å². The molecule has 0 saturated carbocycles. The Morgan fingerprint density at radius 3 is 1.78 bits per heavy atom. The molecule has 0 atom stereocenters. The molecular weight excluding hydrogens is 252 g/mol. The van der Waals surface area contributed by atoms with Gasteiger partial charge in [0.2, 0.25) is 0 Å². The first kappa shape index (κ1) is 15.1. The number of para-hydroxylation sites is 2. The Hall–Kier alpha value is -0.970. The van der Waals surface area contributed by atoms with Gasteiger partial charge in [-0.15, -0.1) is 0 Å². The quantitative estimate of drug-likeness (QED) is 0.633. The third-order valence-corrected chi connectivity index (χ3v) is 3.04. The van der Waals surface area contributed by atoms with Gasteiger partial charge in [-0.1, -0.05) is 12.1 Å². The van der Waals surface area contributed by atoms with Crippen molar-refractivity contribution in [2.24, 2.45) is 0 Å². The molecule has 18 heavy (non-hydrogen) atoms. The summed E-state index contributed by atoms with van der Waals surface area (Å²) in [6, 6.07) is 8.49. The number of rotatable bonds is 6. The smallest absolute Gasteiger partial charge is 0.0906 e. The number of benzene rings is 1. The van der Waals surface area contributed by atoms with Crippen molar-refractivity contribution in [1.29, 1.82) is 0 Å². The maximum atomic E-state index is 5.15. The fraction of sp³-hybridized carbons (Fsp3) is 0.538. The van der Waals surface area contributed by atoms with Crippen LogP contribution in [0.4, 0.5) is 11.4 Å². The minimum atomic E-state index is 0. The molecule has 0 spiro atoms. The van der Waals surface area contributed by atoms with Gasteiger partial charge in [-0.05, 0) is 12.1 Å². The van der Waals surface area contributed by atoms with Crippen molar-refractivity contribution < 1.29 is 21.9 Å². The van der Waals surface area contributed by atoms with Crippen molar-refractivity contribution in [2.45, 2.75) is 0 Å².